The van der Waals surface area contributed by atoms with Crippen LogP contribution >= 0.6 is 0 Å². The molecule has 1 aromatic rings. The lowest BCUT2D eigenvalue weighted by Crippen LogP contribution is -2.08. The van der Waals surface area contributed by atoms with Gasteiger partial charge in [-0.1, -0.05) is 24.3 Å². The maximum Gasteiger partial charge on any atom is 0.124 e. The summed E-state index contributed by atoms with van der Waals surface area (Å²) in [5, 5.41) is 0. The molecule has 2 N–H and O–H groups in total. The summed E-state index contributed by atoms with van der Waals surface area (Å²) in [7, 11) is 0. The van der Waals surface area contributed by atoms with E-state index >= 15 is 0 Å². The first kappa shape index (κ1) is 10.8. The van der Waals surface area contributed by atoms with E-state index in [9.17, 15) is 0 Å². The molecule has 2 nitrogen and oxygen atoms in total. The molecular weight excluding hydrogens is 174 g/mol. The van der Waals surface area contributed by atoms with Crippen molar-refractivity contribution in [3.8, 4) is 5.75 Å². The van der Waals surface area contributed by atoms with Gasteiger partial charge >= 0.3 is 0 Å². The minimum Gasteiger partial charge on any atom is -0.493 e. The highest BCUT2D eigenvalue weighted by atomic mass is 16.5. The largest absolute Gasteiger partial charge is 0.493 e. The van der Waals surface area contributed by atoms with Crippen LogP contribution in [0.3, 0.4) is 0 Å². The lowest BCUT2D eigenvalue weighted by Gasteiger charge is -2.12. The topological polar surface area (TPSA) is 35.2 Å². The van der Waals surface area contributed by atoms with Gasteiger partial charge in [0.25, 0.3) is 0 Å². The molecule has 0 amide bonds. The Hall–Kier alpha value is -1.28. The zero-order valence-electron chi connectivity index (χ0n) is 8.57. The van der Waals surface area contributed by atoms with Gasteiger partial charge in [0, 0.05) is 11.6 Å². The predicted molar refractivity (Wildman–Crippen MR) is 59.4 cm³/mol. The fourth-order valence-corrected chi connectivity index (χ4v) is 1.24. The number of nitrogens with two attached hydrogens (primary N) is 1. The van der Waals surface area contributed by atoms with Crippen LogP contribution in [0.4, 0.5) is 0 Å². The Labute approximate surface area is 85.4 Å². The molecule has 0 spiro atoms. The van der Waals surface area contributed by atoms with Crippen LogP contribution < -0.4 is 10.5 Å². The van der Waals surface area contributed by atoms with Crippen molar-refractivity contribution in [1.29, 1.82) is 0 Å². The molecule has 1 atom stereocenters. The molecule has 0 aliphatic rings. The highest BCUT2D eigenvalue weighted by Gasteiger charge is 2.05. The molecule has 76 valence electrons. The van der Waals surface area contributed by atoms with Gasteiger partial charge in [0.05, 0.1) is 6.61 Å². The lowest BCUT2D eigenvalue weighted by atomic mass is 10.1. The smallest absolute Gasteiger partial charge is 0.124 e. The van der Waals surface area contributed by atoms with E-state index in [-0.39, 0.29) is 6.04 Å². The van der Waals surface area contributed by atoms with E-state index < -0.39 is 0 Å². The predicted octanol–water partition coefficient (Wildman–Crippen LogP) is 2.66. The van der Waals surface area contributed by atoms with Crippen molar-refractivity contribution in [2.24, 2.45) is 5.73 Å². The van der Waals surface area contributed by atoms with Crippen molar-refractivity contribution in [3.63, 3.8) is 0 Å². The Morgan fingerprint density at radius 3 is 2.86 bits per heavy atom. The molecule has 14 heavy (non-hydrogen) atoms. The van der Waals surface area contributed by atoms with E-state index in [1.165, 1.54) is 0 Å². The Morgan fingerprint density at radius 1 is 1.50 bits per heavy atom. The van der Waals surface area contributed by atoms with E-state index in [1.54, 1.807) is 0 Å². The van der Waals surface area contributed by atoms with Gasteiger partial charge in [-0.3, -0.25) is 0 Å². The number of hydrogen-bond donors (Lipinski definition) is 1. The molecule has 0 fully saturated rings. The van der Waals surface area contributed by atoms with E-state index in [4.69, 9.17) is 10.5 Å². The van der Waals surface area contributed by atoms with Crippen LogP contribution in [0.5, 0.6) is 5.75 Å². The number of ether oxygens (including phenoxy) is 1. The average Bonchev–Trinajstić information content (AvgIpc) is 2.19. The summed E-state index contributed by atoms with van der Waals surface area (Å²) in [6, 6.07) is 7.87. The molecule has 0 aliphatic heterocycles. The van der Waals surface area contributed by atoms with E-state index in [2.05, 4.69) is 6.58 Å². The van der Waals surface area contributed by atoms with Gasteiger partial charge < -0.3 is 10.5 Å². The fraction of sp³-hybridized carbons (Fsp3) is 0.333. The molecule has 1 aromatic carbocycles. The first-order valence-electron chi connectivity index (χ1n) is 4.84. The summed E-state index contributed by atoms with van der Waals surface area (Å²) >= 11 is 0. The van der Waals surface area contributed by atoms with Crippen LogP contribution in [0.2, 0.25) is 0 Å². The van der Waals surface area contributed by atoms with E-state index in [1.807, 2.05) is 37.3 Å². The SMILES string of the molecule is C=CCCOc1ccccc1[C@@H](C)N. The highest BCUT2D eigenvalue weighted by Crippen LogP contribution is 2.23. The number of para-hydroxylation sites is 1. The third-order valence-electron chi connectivity index (χ3n) is 1.99. The Morgan fingerprint density at radius 2 is 2.21 bits per heavy atom. The zero-order chi connectivity index (χ0) is 10.4. The van der Waals surface area contributed by atoms with Gasteiger partial charge in [-0.25, -0.2) is 0 Å². The molecule has 0 radical (unpaired) electrons. The molecule has 0 saturated heterocycles. The average molecular weight is 191 g/mol. The van der Waals surface area contributed by atoms with E-state index in [0.29, 0.717) is 6.61 Å². The van der Waals surface area contributed by atoms with Gasteiger partial charge in [-0.15, -0.1) is 6.58 Å². The number of hydrogen-bond acceptors (Lipinski definition) is 2. The third kappa shape index (κ3) is 2.89. The van der Waals surface area contributed by atoms with Crippen molar-refractivity contribution >= 4 is 0 Å². The monoisotopic (exact) mass is 191 g/mol. The maximum atomic E-state index is 5.82. The van der Waals surface area contributed by atoms with Gasteiger partial charge in [-0.2, -0.15) is 0 Å². The second-order valence-corrected chi connectivity index (χ2v) is 3.25. The quantitative estimate of drug-likeness (QED) is 0.573. The van der Waals surface area contributed by atoms with Crippen LogP contribution in [0, 0.1) is 0 Å². The Balaban J connectivity index is 2.69. The number of rotatable bonds is 5. The second-order valence-electron chi connectivity index (χ2n) is 3.25. The third-order valence-corrected chi connectivity index (χ3v) is 1.99. The van der Waals surface area contributed by atoms with Gasteiger partial charge in [-0.05, 0) is 19.4 Å². The van der Waals surface area contributed by atoms with Crippen molar-refractivity contribution in [3.05, 3.63) is 42.5 Å². The standard InChI is InChI=1S/C12H17NO/c1-3-4-9-14-12-8-6-5-7-11(12)10(2)13/h3,5-8,10H,1,4,9,13H2,2H3/t10-/m1/s1. The normalized spacial score (nSPS) is 12.1. The molecule has 0 heterocycles. The molecule has 0 unspecified atom stereocenters. The molecular formula is C12H17NO. The molecule has 0 aliphatic carbocycles. The van der Waals surface area contributed by atoms with Crippen LogP contribution in [-0.4, -0.2) is 6.61 Å². The summed E-state index contributed by atoms with van der Waals surface area (Å²) in [5.74, 6) is 0.879. The van der Waals surface area contributed by atoms with Gasteiger partial charge in [0.2, 0.25) is 0 Å². The van der Waals surface area contributed by atoms with Crippen molar-refractivity contribution < 1.29 is 4.74 Å². The van der Waals surface area contributed by atoms with Crippen molar-refractivity contribution in [1.82, 2.24) is 0 Å². The molecule has 0 bridgehead atoms. The van der Waals surface area contributed by atoms with Crippen LogP contribution in [-0.2, 0) is 0 Å². The minimum absolute atomic E-state index is 0.00920. The van der Waals surface area contributed by atoms with E-state index in [0.717, 1.165) is 17.7 Å². The first-order valence-corrected chi connectivity index (χ1v) is 4.84. The maximum absolute atomic E-state index is 5.82. The molecule has 0 aromatic heterocycles. The minimum atomic E-state index is 0.00920. The summed E-state index contributed by atoms with van der Waals surface area (Å²) < 4.78 is 5.59. The van der Waals surface area contributed by atoms with Gasteiger partial charge in [0.15, 0.2) is 0 Å². The van der Waals surface area contributed by atoms with Crippen LogP contribution in [0.25, 0.3) is 0 Å². The fourth-order valence-electron chi connectivity index (χ4n) is 1.24. The Kier molecular flexibility index (Phi) is 4.20. The number of benzene rings is 1. The lowest BCUT2D eigenvalue weighted by molar-refractivity contribution is 0.320. The van der Waals surface area contributed by atoms with Crippen LogP contribution in [0.1, 0.15) is 24.9 Å². The summed E-state index contributed by atoms with van der Waals surface area (Å²) in [6.07, 6.45) is 2.70. The van der Waals surface area contributed by atoms with Crippen molar-refractivity contribution in [2.45, 2.75) is 19.4 Å². The molecule has 0 saturated carbocycles. The second kappa shape index (κ2) is 5.45. The zero-order valence-corrected chi connectivity index (χ0v) is 8.57. The molecule has 2 heteroatoms. The summed E-state index contributed by atoms with van der Waals surface area (Å²) in [4.78, 5) is 0. The van der Waals surface area contributed by atoms with Crippen LogP contribution in [0.15, 0.2) is 36.9 Å². The highest BCUT2D eigenvalue weighted by molar-refractivity contribution is 5.35. The van der Waals surface area contributed by atoms with Crippen molar-refractivity contribution in [2.75, 3.05) is 6.61 Å². The Bertz CT molecular complexity index is 294. The first-order chi connectivity index (χ1) is 6.75. The summed E-state index contributed by atoms with van der Waals surface area (Å²) in [6.45, 7) is 6.26. The van der Waals surface area contributed by atoms with Gasteiger partial charge in [0.1, 0.15) is 5.75 Å². The molecule has 1 rings (SSSR count). The summed E-state index contributed by atoms with van der Waals surface area (Å²) in [5.41, 5.74) is 6.87.